The van der Waals surface area contributed by atoms with Crippen molar-refractivity contribution in [2.45, 2.75) is 103 Å². The van der Waals surface area contributed by atoms with Gasteiger partial charge in [-0.1, -0.05) is 0 Å². The van der Waals surface area contributed by atoms with Gasteiger partial charge in [0.15, 0.2) is 11.5 Å². The Labute approximate surface area is 306 Å². The Hall–Kier alpha value is -3.25. The van der Waals surface area contributed by atoms with Gasteiger partial charge in [0.25, 0.3) is 17.3 Å². The summed E-state index contributed by atoms with van der Waals surface area (Å²) in [5, 5.41) is 3.05. The van der Waals surface area contributed by atoms with E-state index >= 15 is 0 Å². The predicted molar refractivity (Wildman–Crippen MR) is 202 cm³/mol. The number of nitrogens with one attached hydrogen (secondary N) is 2. The predicted octanol–water partition coefficient (Wildman–Crippen LogP) is 6.66. The van der Waals surface area contributed by atoms with Crippen LogP contribution in [-0.4, -0.2) is 78.3 Å². The molecule has 2 fully saturated rings. The number of amides is 1. The van der Waals surface area contributed by atoms with Crippen molar-refractivity contribution in [1.82, 2.24) is 20.2 Å². The zero-order valence-electron chi connectivity index (χ0n) is 30.8. The van der Waals surface area contributed by atoms with E-state index in [1.165, 1.54) is 11.8 Å². The number of benzene rings is 1. The number of aryl methyl sites for hydroxylation is 1. The van der Waals surface area contributed by atoms with Crippen LogP contribution in [0.5, 0.6) is 11.5 Å². The van der Waals surface area contributed by atoms with E-state index in [2.05, 4.69) is 54.1 Å². The zero-order chi connectivity index (χ0) is 35.2. The number of fused-ring (bicyclic) bond motifs is 1. The summed E-state index contributed by atoms with van der Waals surface area (Å²) in [5.74, 6) is 1.21. The highest BCUT2D eigenvalue weighted by Gasteiger charge is 2.48. The van der Waals surface area contributed by atoms with Crippen molar-refractivity contribution in [2.24, 2.45) is 5.92 Å². The molecule has 10 nitrogen and oxygen atoms in total. The zero-order valence-corrected chi connectivity index (χ0v) is 32.4. The first-order valence-corrected chi connectivity index (χ1v) is 18.7. The highest BCUT2D eigenvalue weighted by Crippen LogP contribution is 2.54. The van der Waals surface area contributed by atoms with Gasteiger partial charge in [-0.25, -0.2) is 4.98 Å². The number of carbonyl (C=O) groups excluding carboxylic acids is 1. The molecule has 1 amide bonds. The SMILES string of the molecule is CSc1cc(C)[nH]c(=O)c1CNC(=O)c1c(C)c2c(c(-c3ccc(N4C[C@@H](C)O[C@@H](C)C4)nc3)c1C)OC(C)([C@H]1CC[C@H](N(C)C)CC1)O2.Cl. The van der Waals surface area contributed by atoms with Crippen LogP contribution in [0.15, 0.2) is 34.1 Å². The molecule has 1 saturated heterocycles. The third-order valence-corrected chi connectivity index (χ3v) is 11.4. The van der Waals surface area contributed by atoms with Crippen LogP contribution in [0.2, 0.25) is 0 Å². The van der Waals surface area contributed by atoms with Crippen LogP contribution in [0.3, 0.4) is 0 Å². The molecule has 2 aromatic heterocycles. The first-order chi connectivity index (χ1) is 23.3. The summed E-state index contributed by atoms with van der Waals surface area (Å²) in [6.07, 6.45) is 8.18. The van der Waals surface area contributed by atoms with E-state index in [9.17, 15) is 9.59 Å². The topological polar surface area (TPSA) is 109 Å². The summed E-state index contributed by atoms with van der Waals surface area (Å²) in [6, 6.07) is 6.58. The smallest absolute Gasteiger partial charge is 0.254 e. The molecule has 0 radical (unpaired) electrons. The molecule has 1 aliphatic carbocycles. The van der Waals surface area contributed by atoms with Crippen LogP contribution in [0.25, 0.3) is 11.1 Å². The number of H-pyrrole nitrogens is 1. The van der Waals surface area contributed by atoms with Crippen molar-refractivity contribution < 1.29 is 19.0 Å². The van der Waals surface area contributed by atoms with E-state index < -0.39 is 5.79 Å². The van der Waals surface area contributed by atoms with Gasteiger partial charge in [-0.2, -0.15) is 0 Å². The summed E-state index contributed by atoms with van der Waals surface area (Å²) >= 11 is 1.49. The molecule has 12 heteroatoms. The van der Waals surface area contributed by atoms with Gasteiger partial charge in [0.1, 0.15) is 5.82 Å². The van der Waals surface area contributed by atoms with E-state index in [0.29, 0.717) is 28.7 Å². The van der Waals surface area contributed by atoms with Gasteiger partial charge in [-0.15, -0.1) is 24.2 Å². The van der Waals surface area contributed by atoms with Crippen molar-refractivity contribution in [3.63, 3.8) is 0 Å². The minimum Gasteiger partial charge on any atom is -0.448 e. The van der Waals surface area contributed by atoms with Crippen molar-refractivity contribution in [2.75, 3.05) is 38.3 Å². The number of halogens is 1. The minimum atomic E-state index is -0.865. The summed E-state index contributed by atoms with van der Waals surface area (Å²) in [4.78, 5) is 40.2. The third kappa shape index (κ3) is 7.38. The fourth-order valence-electron chi connectivity index (χ4n) is 7.97. The molecule has 1 unspecified atom stereocenters. The first-order valence-electron chi connectivity index (χ1n) is 17.4. The van der Waals surface area contributed by atoms with Gasteiger partial charge < -0.3 is 34.3 Å². The normalized spacial score (nSPS) is 24.6. The van der Waals surface area contributed by atoms with Crippen molar-refractivity contribution in [3.8, 4) is 22.6 Å². The van der Waals surface area contributed by atoms with Crippen LogP contribution in [0.4, 0.5) is 5.82 Å². The fraction of sp³-hybridized carbons (Fsp3) is 0.553. The maximum Gasteiger partial charge on any atom is 0.254 e. The standard InChI is InChI=1S/C38H51N5O5S.ClH/c1-21-16-30(49-9)29(36(44)41-21)18-40-37(45)32-24(4)33(26-10-15-31(39-17-26)43-19-22(2)46-23(3)20-43)35-34(25(32)5)47-38(6,48-35)27-11-13-28(14-12-27)42(7)8;/h10,15-17,22-23,27-28H,11-14,18-20H2,1-9H3,(H,40,45)(H,41,44);1H/t22-,23+,27-,28-,38?;. The molecule has 3 aliphatic rings. The molecular formula is C38H52ClN5O5S. The highest BCUT2D eigenvalue weighted by atomic mass is 35.5. The summed E-state index contributed by atoms with van der Waals surface area (Å²) in [5.41, 5.74) is 4.81. The molecule has 1 saturated carbocycles. The molecule has 4 heterocycles. The number of ether oxygens (including phenoxy) is 3. The summed E-state index contributed by atoms with van der Waals surface area (Å²) in [7, 11) is 4.29. The molecule has 2 aliphatic heterocycles. The lowest BCUT2D eigenvalue weighted by atomic mass is 9.81. The van der Waals surface area contributed by atoms with Gasteiger partial charge in [0, 0.05) is 83.1 Å². The molecule has 3 atom stereocenters. The lowest BCUT2D eigenvalue weighted by Crippen LogP contribution is -2.46. The van der Waals surface area contributed by atoms with Gasteiger partial charge in [0.05, 0.1) is 12.2 Å². The third-order valence-electron chi connectivity index (χ3n) is 10.6. The maximum atomic E-state index is 14.1. The number of carbonyl (C=O) groups is 1. The Bertz CT molecular complexity index is 1760. The molecule has 6 rings (SSSR count). The second-order valence-electron chi connectivity index (χ2n) is 14.4. The average molecular weight is 726 g/mol. The molecule has 50 heavy (non-hydrogen) atoms. The molecule has 0 spiro atoms. The lowest BCUT2D eigenvalue weighted by Gasteiger charge is -2.39. The van der Waals surface area contributed by atoms with Gasteiger partial charge in [0.2, 0.25) is 0 Å². The van der Waals surface area contributed by atoms with E-state index in [1.807, 2.05) is 52.3 Å². The maximum absolute atomic E-state index is 14.1. The van der Waals surface area contributed by atoms with Crippen LogP contribution in [0, 0.1) is 26.7 Å². The van der Waals surface area contributed by atoms with Crippen molar-refractivity contribution in [3.05, 3.63) is 62.7 Å². The molecular weight excluding hydrogens is 674 g/mol. The largest absolute Gasteiger partial charge is 0.448 e. The first kappa shape index (κ1) is 38.0. The quantitative estimate of drug-likeness (QED) is 0.247. The van der Waals surface area contributed by atoms with Crippen LogP contribution in [-0.2, 0) is 11.3 Å². The van der Waals surface area contributed by atoms with E-state index in [0.717, 1.165) is 77.4 Å². The number of rotatable bonds is 8. The number of thioether (sulfide) groups is 1. The Morgan fingerprint density at radius 3 is 2.32 bits per heavy atom. The Morgan fingerprint density at radius 1 is 1.06 bits per heavy atom. The number of morpholine rings is 1. The van der Waals surface area contributed by atoms with E-state index in [4.69, 9.17) is 19.2 Å². The number of pyridine rings is 2. The van der Waals surface area contributed by atoms with Crippen LogP contribution < -0.4 is 25.2 Å². The van der Waals surface area contributed by atoms with Crippen LogP contribution in [0.1, 0.15) is 79.2 Å². The Balaban J connectivity index is 0.00000486. The van der Waals surface area contributed by atoms with Gasteiger partial charge in [-0.3, -0.25) is 9.59 Å². The van der Waals surface area contributed by atoms with Crippen molar-refractivity contribution in [1.29, 1.82) is 0 Å². The Kier molecular flexibility index (Phi) is 11.5. The molecule has 1 aromatic carbocycles. The molecule has 272 valence electrons. The van der Waals surface area contributed by atoms with E-state index in [-0.39, 0.29) is 48.5 Å². The number of hydrogen-bond acceptors (Lipinski definition) is 9. The van der Waals surface area contributed by atoms with Gasteiger partial charge in [-0.05, 0) is 104 Å². The van der Waals surface area contributed by atoms with Crippen molar-refractivity contribution >= 4 is 35.9 Å². The average Bonchev–Trinajstić information content (AvgIpc) is 3.42. The Morgan fingerprint density at radius 2 is 1.72 bits per heavy atom. The number of aromatic amines is 1. The highest BCUT2D eigenvalue weighted by molar-refractivity contribution is 7.98. The number of aromatic nitrogens is 2. The molecule has 2 N–H and O–H groups in total. The van der Waals surface area contributed by atoms with Gasteiger partial charge >= 0.3 is 0 Å². The number of anilines is 1. The number of nitrogens with zero attached hydrogens (tertiary/aromatic N) is 3. The van der Waals surface area contributed by atoms with Crippen LogP contribution >= 0.6 is 24.2 Å². The monoisotopic (exact) mass is 725 g/mol. The molecule has 3 aromatic rings. The lowest BCUT2D eigenvalue weighted by molar-refractivity contribution is -0.123. The second kappa shape index (κ2) is 15.2. The van der Waals surface area contributed by atoms with E-state index in [1.54, 1.807) is 0 Å². The number of hydrogen-bond donors (Lipinski definition) is 2. The fourth-order valence-corrected chi connectivity index (χ4v) is 8.68. The molecule has 0 bridgehead atoms. The summed E-state index contributed by atoms with van der Waals surface area (Å²) in [6.45, 7) is 13.6. The summed E-state index contributed by atoms with van der Waals surface area (Å²) < 4.78 is 19.7. The minimum absolute atomic E-state index is 0. The second-order valence-corrected chi connectivity index (χ2v) is 15.3.